The Morgan fingerprint density at radius 1 is 1.10 bits per heavy atom. The molecular weight excluding hydrogens is 527 g/mol. The van der Waals surface area contributed by atoms with E-state index in [-0.39, 0.29) is 16.9 Å². The van der Waals surface area contributed by atoms with Gasteiger partial charge in [-0.25, -0.2) is 17.2 Å². The molecular formula is C23H25IN2O4S. The molecule has 0 spiro atoms. The molecule has 1 aliphatic heterocycles. The molecule has 0 aliphatic carbocycles. The van der Waals surface area contributed by atoms with Gasteiger partial charge in [-0.1, -0.05) is 23.8 Å². The normalized spacial score (nSPS) is 15.2. The van der Waals surface area contributed by atoms with Gasteiger partial charge in [0.2, 0.25) is 0 Å². The maximum absolute atomic E-state index is 13.2. The standard InChI is InChI=1S/C23H25IN2O4S/c1-15-5-8-18(9-6-15)31(28,29)26-14-20(24)19-11-16(7-10-21(19)26)17-12-25(13-17)22(27)30-23(2,3)4/h5-11,14,17H,12-13H2,1-4H3. The van der Waals surface area contributed by atoms with Gasteiger partial charge in [0.25, 0.3) is 10.0 Å². The summed E-state index contributed by atoms with van der Waals surface area (Å²) in [5.41, 5.74) is 2.24. The van der Waals surface area contributed by atoms with Crippen molar-refractivity contribution in [2.24, 2.45) is 0 Å². The van der Waals surface area contributed by atoms with E-state index in [0.29, 0.717) is 18.6 Å². The number of rotatable bonds is 3. The first kappa shape index (κ1) is 22.1. The van der Waals surface area contributed by atoms with Crippen molar-refractivity contribution in [2.45, 2.75) is 44.1 Å². The molecule has 0 radical (unpaired) electrons. The minimum atomic E-state index is -3.68. The van der Waals surface area contributed by atoms with Crippen molar-refractivity contribution >= 4 is 49.6 Å². The van der Waals surface area contributed by atoms with Crippen LogP contribution in [-0.2, 0) is 14.8 Å². The van der Waals surface area contributed by atoms with Crippen molar-refractivity contribution < 1.29 is 17.9 Å². The average molecular weight is 552 g/mol. The van der Waals surface area contributed by atoms with Gasteiger partial charge in [0, 0.05) is 34.2 Å². The Kier molecular flexibility index (Phi) is 5.58. The number of benzene rings is 2. The van der Waals surface area contributed by atoms with E-state index in [2.05, 4.69) is 22.6 Å². The second-order valence-electron chi connectivity index (χ2n) is 8.95. The molecule has 1 amide bonds. The number of aryl methyl sites for hydroxylation is 1. The summed E-state index contributed by atoms with van der Waals surface area (Å²) in [6, 6.07) is 12.7. The van der Waals surface area contributed by atoms with Gasteiger partial charge in [0.05, 0.1) is 10.4 Å². The predicted molar refractivity (Wildman–Crippen MR) is 129 cm³/mol. The van der Waals surface area contributed by atoms with Crippen LogP contribution in [0.15, 0.2) is 53.6 Å². The molecule has 0 bridgehead atoms. The molecule has 164 valence electrons. The largest absolute Gasteiger partial charge is 0.444 e. The molecule has 2 aromatic carbocycles. The molecule has 0 N–H and O–H groups in total. The zero-order valence-electron chi connectivity index (χ0n) is 17.9. The van der Waals surface area contributed by atoms with E-state index >= 15 is 0 Å². The molecule has 31 heavy (non-hydrogen) atoms. The molecule has 0 atom stereocenters. The maximum atomic E-state index is 13.2. The first-order chi connectivity index (χ1) is 14.5. The summed E-state index contributed by atoms with van der Waals surface area (Å²) in [7, 11) is -3.68. The second kappa shape index (κ2) is 7.81. The molecule has 1 saturated heterocycles. The van der Waals surface area contributed by atoms with Crippen molar-refractivity contribution in [3.63, 3.8) is 0 Å². The maximum Gasteiger partial charge on any atom is 0.410 e. The van der Waals surface area contributed by atoms with E-state index < -0.39 is 15.6 Å². The predicted octanol–water partition coefficient (Wildman–Crippen LogP) is 5.13. The summed E-state index contributed by atoms with van der Waals surface area (Å²) in [4.78, 5) is 14.1. The van der Waals surface area contributed by atoms with Gasteiger partial charge in [-0.15, -0.1) is 0 Å². The van der Waals surface area contributed by atoms with Crippen molar-refractivity contribution in [3.05, 3.63) is 63.4 Å². The molecule has 2 heterocycles. The van der Waals surface area contributed by atoms with Crippen molar-refractivity contribution in [2.75, 3.05) is 13.1 Å². The fourth-order valence-electron chi connectivity index (χ4n) is 3.62. The highest BCUT2D eigenvalue weighted by atomic mass is 127. The molecule has 0 unspecified atom stereocenters. The first-order valence-corrected chi connectivity index (χ1v) is 12.6. The molecule has 0 saturated carbocycles. The molecule has 1 aliphatic rings. The van der Waals surface area contributed by atoms with Crippen LogP contribution in [0.4, 0.5) is 4.79 Å². The Balaban J connectivity index is 1.59. The number of amides is 1. The van der Waals surface area contributed by atoms with Gasteiger partial charge in [-0.2, -0.15) is 0 Å². The smallest absolute Gasteiger partial charge is 0.410 e. The number of carbonyl (C=O) groups is 1. The van der Waals surface area contributed by atoms with Crippen molar-refractivity contribution in [3.8, 4) is 0 Å². The SMILES string of the molecule is Cc1ccc(S(=O)(=O)n2cc(I)c3cc(C4CN(C(=O)OC(C)(C)C)C4)ccc32)cc1. The van der Waals surface area contributed by atoms with E-state index in [1.54, 1.807) is 35.4 Å². The number of hydrogen-bond acceptors (Lipinski definition) is 4. The third kappa shape index (κ3) is 4.32. The number of ether oxygens (including phenoxy) is 1. The Morgan fingerprint density at radius 2 is 1.74 bits per heavy atom. The number of aromatic nitrogens is 1. The van der Waals surface area contributed by atoms with E-state index in [0.717, 1.165) is 20.1 Å². The van der Waals surface area contributed by atoms with Crippen LogP contribution in [-0.4, -0.2) is 42.1 Å². The quantitative estimate of drug-likeness (QED) is 0.423. The Hall–Kier alpha value is -2.07. The lowest BCUT2D eigenvalue weighted by atomic mass is 9.91. The van der Waals surface area contributed by atoms with Crippen LogP contribution in [0.2, 0.25) is 0 Å². The van der Waals surface area contributed by atoms with Gasteiger partial charge < -0.3 is 9.64 Å². The van der Waals surface area contributed by atoms with Crippen LogP contribution < -0.4 is 0 Å². The third-order valence-electron chi connectivity index (χ3n) is 5.33. The van der Waals surface area contributed by atoms with Gasteiger partial charge in [0.15, 0.2) is 0 Å². The van der Waals surface area contributed by atoms with Crippen LogP contribution in [0.25, 0.3) is 10.9 Å². The Labute approximate surface area is 196 Å². The molecule has 3 aromatic rings. The number of fused-ring (bicyclic) bond motifs is 1. The fraction of sp³-hybridized carbons (Fsp3) is 0.348. The van der Waals surface area contributed by atoms with Gasteiger partial charge in [0.1, 0.15) is 5.60 Å². The Bertz CT molecular complexity index is 1250. The van der Waals surface area contributed by atoms with Crippen LogP contribution in [0, 0.1) is 10.5 Å². The lowest BCUT2D eigenvalue weighted by molar-refractivity contribution is 0.00820. The van der Waals surface area contributed by atoms with E-state index in [4.69, 9.17) is 4.74 Å². The summed E-state index contributed by atoms with van der Waals surface area (Å²) < 4.78 is 34.0. The average Bonchev–Trinajstić information content (AvgIpc) is 2.97. The van der Waals surface area contributed by atoms with Crippen LogP contribution in [0.5, 0.6) is 0 Å². The number of likely N-dealkylation sites (tertiary alicyclic amines) is 1. The van der Waals surface area contributed by atoms with Gasteiger partial charge >= 0.3 is 6.09 Å². The highest BCUT2D eigenvalue weighted by Gasteiger charge is 2.35. The summed E-state index contributed by atoms with van der Waals surface area (Å²) >= 11 is 2.17. The molecule has 6 nitrogen and oxygen atoms in total. The first-order valence-electron chi connectivity index (χ1n) is 10.1. The molecule has 8 heteroatoms. The van der Waals surface area contributed by atoms with Gasteiger partial charge in [-0.05, 0) is 80.1 Å². The number of nitrogens with zero attached hydrogens (tertiary/aromatic N) is 2. The van der Waals surface area contributed by atoms with Crippen LogP contribution in [0.1, 0.15) is 37.8 Å². The zero-order chi connectivity index (χ0) is 22.6. The highest BCUT2D eigenvalue weighted by Crippen LogP contribution is 2.33. The zero-order valence-corrected chi connectivity index (χ0v) is 20.9. The fourth-order valence-corrected chi connectivity index (χ4v) is 5.89. The van der Waals surface area contributed by atoms with Crippen LogP contribution in [0.3, 0.4) is 0 Å². The minimum Gasteiger partial charge on any atom is -0.444 e. The molecule has 4 rings (SSSR count). The number of halogens is 1. The second-order valence-corrected chi connectivity index (χ2v) is 11.9. The summed E-state index contributed by atoms with van der Waals surface area (Å²) in [5, 5.41) is 0.893. The minimum absolute atomic E-state index is 0.213. The third-order valence-corrected chi connectivity index (χ3v) is 7.88. The van der Waals surface area contributed by atoms with E-state index in [9.17, 15) is 13.2 Å². The molecule has 1 aromatic heterocycles. The Morgan fingerprint density at radius 3 is 2.35 bits per heavy atom. The molecule has 1 fully saturated rings. The monoisotopic (exact) mass is 552 g/mol. The number of carbonyl (C=O) groups excluding carboxylic acids is 1. The van der Waals surface area contributed by atoms with Gasteiger partial charge in [-0.3, -0.25) is 0 Å². The topological polar surface area (TPSA) is 68.6 Å². The number of hydrogen-bond donors (Lipinski definition) is 0. The lowest BCUT2D eigenvalue weighted by Crippen LogP contribution is -2.50. The highest BCUT2D eigenvalue weighted by molar-refractivity contribution is 14.1. The summed E-state index contributed by atoms with van der Waals surface area (Å²) in [5.74, 6) is 0.213. The van der Waals surface area contributed by atoms with Crippen LogP contribution >= 0.6 is 22.6 Å². The summed E-state index contributed by atoms with van der Waals surface area (Å²) in [6.07, 6.45) is 1.37. The van der Waals surface area contributed by atoms with Crippen molar-refractivity contribution in [1.29, 1.82) is 0 Å². The van der Waals surface area contributed by atoms with E-state index in [1.807, 2.05) is 45.9 Å². The van der Waals surface area contributed by atoms with Crippen molar-refractivity contribution in [1.82, 2.24) is 8.87 Å². The van der Waals surface area contributed by atoms with E-state index in [1.165, 1.54) is 3.97 Å². The lowest BCUT2D eigenvalue weighted by Gasteiger charge is -2.40. The summed E-state index contributed by atoms with van der Waals surface area (Å²) in [6.45, 7) is 8.68.